The molecule has 0 aliphatic carbocycles. The first kappa shape index (κ1) is 11.8. The lowest BCUT2D eigenvalue weighted by Gasteiger charge is -2.10. The molecule has 0 amide bonds. The predicted octanol–water partition coefficient (Wildman–Crippen LogP) is 3.64. The molecule has 1 heterocycles. The summed E-state index contributed by atoms with van der Waals surface area (Å²) >= 11 is 0. The third-order valence-corrected chi connectivity index (χ3v) is 2.52. The number of aromatic nitrogens is 1. The molecule has 0 saturated heterocycles. The number of hydrogen-bond acceptors (Lipinski definition) is 2. The second-order valence-corrected chi connectivity index (χ2v) is 4.02. The van der Waals surface area contributed by atoms with Gasteiger partial charge in [0.05, 0.1) is 10.9 Å². The molecule has 1 aromatic heterocycles. The zero-order valence-electron chi connectivity index (χ0n) is 9.85. The monoisotopic (exact) mass is 236 g/mol. The molecule has 0 bridgehead atoms. The molecule has 1 aromatic carbocycles. The summed E-state index contributed by atoms with van der Waals surface area (Å²) in [5.74, 6) is -1.18. The van der Waals surface area contributed by atoms with Crippen LogP contribution in [-0.2, 0) is 0 Å². The van der Waals surface area contributed by atoms with Gasteiger partial charge < -0.3 is 5.32 Å². The highest BCUT2D eigenvalue weighted by Gasteiger charge is 2.10. The smallest absolute Gasteiger partial charge is 0.137 e. The zero-order chi connectivity index (χ0) is 12.4. The van der Waals surface area contributed by atoms with Crippen LogP contribution in [0.5, 0.6) is 0 Å². The number of nitrogens with zero attached hydrogens (tertiary/aromatic N) is 1. The molecule has 17 heavy (non-hydrogen) atoms. The van der Waals surface area contributed by atoms with E-state index in [-0.39, 0.29) is 0 Å². The molecule has 0 aliphatic heterocycles. The Bertz CT molecular complexity index is 547. The van der Waals surface area contributed by atoms with Crippen molar-refractivity contribution in [1.29, 1.82) is 0 Å². The van der Waals surface area contributed by atoms with Gasteiger partial charge in [0.2, 0.25) is 0 Å². The quantitative estimate of drug-likeness (QED) is 0.880. The van der Waals surface area contributed by atoms with Gasteiger partial charge in [0.1, 0.15) is 11.6 Å². The van der Waals surface area contributed by atoms with E-state index in [0.29, 0.717) is 16.6 Å². The molecule has 0 radical (unpaired) electrons. The lowest BCUT2D eigenvalue weighted by Crippen LogP contribution is -2.03. The van der Waals surface area contributed by atoms with Crippen molar-refractivity contribution in [3.05, 3.63) is 35.5 Å². The van der Waals surface area contributed by atoms with Crippen LogP contribution in [-0.4, -0.2) is 11.5 Å². The van der Waals surface area contributed by atoms with Crippen molar-refractivity contribution >= 4 is 16.6 Å². The highest BCUT2D eigenvalue weighted by molar-refractivity contribution is 5.92. The Kier molecular flexibility index (Phi) is 3.22. The summed E-state index contributed by atoms with van der Waals surface area (Å²) in [6, 6.07) is 3.91. The second kappa shape index (κ2) is 4.65. The van der Waals surface area contributed by atoms with Crippen LogP contribution in [0.3, 0.4) is 0 Å². The summed E-state index contributed by atoms with van der Waals surface area (Å²) in [6.07, 6.45) is 0.936. The number of nitrogens with one attached hydrogen (secondary N) is 1. The molecule has 0 saturated carbocycles. The lowest BCUT2D eigenvalue weighted by molar-refractivity contribution is 0.591. The van der Waals surface area contributed by atoms with Crippen molar-refractivity contribution in [2.24, 2.45) is 0 Å². The number of pyridine rings is 1. The average molecular weight is 236 g/mol. The Morgan fingerprint density at radius 1 is 1.24 bits per heavy atom. The van der Waals surface area contributed by atoms with E-state index >= 15 is 0 Å². The molecule has 4 heteroatoms. The van der Waals surface area contributed by atoms with Crippen molar-refractivity contribution in [3.63, 3.8) is 0 Å². The van der Waals surface area contributed by atoms with Crippen LogP contribution in [0.15, 0.2) is 18.2 Å². The number of aryl methyl sites for hydroxylation is 1. The van der Waals surface area contributed by atoms with Crippen LogP contribution in [0.1, 0.15) is 19.0 Å². The van der Waals surface area contributed by atoms with Gasteiger partial charge in [0, 0.05) is 30.1 Å². The maximum atomic E-state index is 13.7. The van der Waals surface area contributed by atoms with E-state index in [1.807, 2.05) is 6.92 Å². The van der Waals surface area contributed by atoms with Gasteiger partial charge in [0.15, 0.2) is 0 Å². The number of halogens is 2. The Morgan fingerprint density at radius 3 is 2.71 bits per heavy atom. The fourth-order valence-electron chi connectivity index (χ4n) is 1.82. The molecule has 0 spiro atoms. The second-order valence-electron chi connectivity index (χ2n) is 4.02. The SMILES string of the molecule is CCCNc1cc(C)nc2cc(F)cc(F)c12. The molecular weight excluding hydrogens is 222 g/mol. The third kappa shape index (κ3) is 2.35. The Balaban J connectivity index is 2.65. The van der Waals surface area contributed by atoms with Crippen molar-refractivity contribution in [2.45, 2.75) is 20.3 Å². The molecule has 0 atom stereocenters. The van der Waals surface area contributed by atoms with E-state index < -0.39 is 11.6 Å². The van der Waals surface area contributed by atoms with E-state index in [4.69, 9.17) is 0 Å². The summed E-state index contributed by atoms with van der Waals surface area (Å²) < 4.78 is 26.9. The maximum absolute atomic E-state index is 13.7. The fraction of sp³-hybridized carbons (Fsp3) is 0.308. The van der Waals surface area contributed by atoms with Gasteiger partial charge >= 0.3 is 0 Å². The standard InChI is InChI=1S/C13H14F2N2/c1-3-4-16-11-5-8(2)17-12-7-9(14)6-10(15)13(11)12/h5-7H,3-4H2,1-2H3,(H,16,17). The van der Waals surface area contributed by atoms with Gasteiger partial charge in [-0.15, -0.1) is 0 Å². The van der Waals surface area contributed by atoms with Crippen LogP contribution in [0, 0.1) is 18.6 Å². The summed E-state index contributed by atoms with van der Waals surface area (Å²) in [5.41, 5.74) is 1.76. The highest BCUT2D eigenvalue weighted by atomic mass is 19.1. The summed E-state index contributed by atoms with van der Waals surface area (Å²) in [7, 11) is 0. The van der Waals surface area contributed by atoms with Gasteiger partial charge in [-0.25, -0.2) is 8.78 Å². The minimum atomic E-state index is -0.602. The van der Waals surface area contributed by atoms with Crippen LogP contribution in [0.2, 0.25) is 0 Å². The van der Waals surface area contributed by atoms with E-state index in [1.54, 1.807) is 13.0 Å². The van der Waals surface area contributed by atoms with Gasteiger partial charge in [-0.05, 0) is 19.4 Å². The summed E-state index contributed by atoms with van der Waals surface area (Å²) in [6.45, 7) is 4.58. The number of anilines is 1. The van der Waals surface area contributed by atoms with Gasteiger partial charge in [-0.2, -0.15) is 0 Å². The Morgan fingerprint density at radius 2 is 2.00 bits per heavy atom. The van der Waals surface area contributed by atoms with E-state index in [1.165, 1.54) is 6.07 Å². The third-order valence-electron chi connectivity index (χ3n) is 2.52. The first-order chi connectivity index (χ1) is 8.11. The summed E-state index contributed by atoms with van der Waals surface area (Å²) in [4.78, 5) is 4.15. The van der Waals surface area contributed by atoms with Crippen LogP contribution >= 0.6 is 0 Å². The normalized spacial score (nSPS) is 10.8. The molecule has 2 aromatic rings. The molecule has 1 N–H and O–H groups in total. The maximum Gasteiger partial charge on any atom is 0.137 e. The predicted molar refractivity (Wildman–Crippen MR) is 65.2 cm³/mol. The van der Waals surface area contributed by atoms with Gasteiger partial charge in [-0.3, -0.25) is 4.98 Å². The zero-order valence-corrected chi connectivity index (χ0v) is 9.85. The van der Waals surface area contributed by atoms with Gasteiger partial charge in [0.25, 0.3) is 0 Å². The molecule has 0 unspecified atom stereocenters. The van der Waals surface area contributed by atoms with Crippen molar-refractivity contribution in [1.82, 2.24) is 4.98 Å². The van der Waals surface area contributed by atoms with E-state index in [9.17, 15) is 8.78 Å². The molecule has 2 rings (SSSR count). The van der Waals surface area contributed by atoms with E-state index in [2.05, 4.69) is 10.3 Å². The fourth-order valence-corrected chi connectivity index (χ4v) is 1.82. The average Bonchev–Trinajstić information content (AvgIpc) is 2.24. The molecule has 90 valence electrons. The van der Waals surface area contributed by atoms with Crippen molar-refractivity contribution in [2.75, 3.05) is 11.9 Å². The summed E-state index contributed by atoms with van der Waals surface area (Å²) in [5, 5.41) is 3.49. The Labute approximate surface area is 98.7 Å². The molecule has 0 fully saturated rings. The molecular formula is C13H14F2N2. The van der Waals surface area contributed by atoms with Crippen LogP contribution in [0.25, 0.3) is 10.9 Å². The van der Waals surface area contributed by atoms with Crippen molar-refractivity contribution in [3.8, 4) is 0 Å². The Hall–Kier alpha value is -1.71. The number of rotatable bonds is 3. The van der Waals surface area contributed by atoms with E-state index in [0.717, 1.165) is 24.7 Å². The number of benzene rings is 1. The minimum Gasteiger partial charge on any atom is -0.384 e. The number of fused-ring (bicyclic) bond motifs is 1. The minimum absolute atomic E-state index is 0.348. The number of hydrogen-bond donors (Lipinski definition) is 1. The first-order valence-electron chi connectivity index (χ1n) is 5.62. The van der Waals surface area contributed by atoms with Crippen LogP contribution < -0.4 is 5.32 Å². The van der Waals surface area contributed by atoms with Crippen LogP contribution in [0.4, 0.5) is 14.5 Å². The molecule has 0 aliphatic rings. The highest BCUT2D eigenvalue weighted by Crippen LogP contribution is 2.26. The molecule has 2 nitrogen and oxygen atoms in total. The van der Waals surface area contributed by atoms with Gasteiger partial charge in [-0.1, -0.05) is 6.92 Å². The lowest BCUT2D eigenvalue weighted by atomic mass is 10.1. The largest absolute Gasteiger partial charge is 0.384 e. The van der Waals surface area contributed by atoms with Crippen molar-refractivity contribution < 1.29 is 8.78 Å². The first-order valence-corrected chi connectivity index (χ1v) is 5.62. The topological polar surface area (TPSA) is 24.9 Å².